The van der Waals surface area contributed by atoms with Crippen LogP contribution in [0, 0.1) is 5.92 Å². The van der Waals surface area contributed by atoms with E-state index in [2.05, 4.69) is 17.2 Å². The van der Waals surface area contributed by atoms with Gasteiger partial charge in [-0.25, -0.2) is 4.98 Å². The maximum absolute atomic E-state index is 12.7. The second-order valence-corrected chi connectivity index (χ2v) is 5.82. The second kappa shape index (κ2) is 5.35. The van der Waals surface area contributed by atoms with Crippen LogP contribution in [0.1, 0.15) is 30.3 Å². The fourth-order valence-corrected chi connectivity index (χ4v) is 2.76. The average Bonchev–Trinajstić information content (AvgIpc) is 3.36. The minimum Gasteiger partial charge on any atom is -0.373 e. The third-order valence-corrected chi connectivity index (χ3v) is 4.43. The molecule has 0 aliphatic heterocycles. The lowest BCUT2D eigenvalue weighted by atomic mass is 10.1. The number of benzene rings is 1. The SMILES string of the molecule is CNc1nc(C(=O)N(C)C(C)C2CC2)cc2ccccc12. The molecule has 1 N–H and O–H groups in total. The van der Waals surface area contributed by atoms with Gasteiger partial charge in [-0.2, -0.15) is 0 Å². The molecule has 1 aliphatic rings. The van der Waals surface area contributed by atoms with Crippen molar-refractivity contribution < 1.29 is 4.79 Å². The Labute approximate surface area is 125 Å². The van der Waals surface area contributed by atoms with Gasteiger partial charge < -0.3 is 10.2 Å². The van der Waals surface area contributed by atoms with E-state index in [0.29, 0.717) is 11.6 Å². The topological polar surface area (TPSA) is 45.2 Å². The van der Waals surface area contributed by atoms with E-state index < -0.39 is 0 Å². The minimum absolute atomic E-state index is 0.00310. The lowest BCUT2D eigenvalue weighted by Gasteiger charge is -2.24. The highest BCUT2D eigenvalue weighted by Gasteiger charge is 2.33. The molecular formula is C17H21N3O. The molecule has 21 heavy (non-hydrogen) atoms. The number of amides is 1. The Morgan fingerprint density at radius 3 is 2.76 bits per heavy atom. The van der Waals surface area contributed by atoms with Crippen molar-refractivity contribution in [2.24, 2.45) is 5.92 Å². The Kier molecular flexibility index (Phi) is 3.53. The molecule has 4 nitrogen and oxygen atoms in total. The van der Waals surface area contributed by atoms with Crippen LogP contribution in [0.3, 0.4) is 0 Å². The van der Waals surface area contributed by atoms with E-state index >= 15 is 0 Å². The maximum Gasteiger partial charge on any atom is 0.272 e. The fourth-order valence-electron chi connectivity index (χ4n) is 2.76. The van der Waals surface area contributed by atoms with E-state index in [1.807, 2.05) is 49.3 Å². The Balaban J connectivity index is 1.97. The molecule has 1 aromatic heterocycles. The summed E-state index contributed by atoms with van der Waals surface area (Å²) in [5.74, 6) is 1.41. The third-order valence-electron chi connectivity index (χ3n) is 4.43. The first-order valence-corrected chi connectivity index (χ1v) is 7.46. The van der Waals surface area contributed by atoms with Gasteiger partial charge in [-0.1, -0.05) is 24.3 Å². The van der Waals surface area contributed by atoms with Crippen LogP contribution in [0.25, 0.3) is 10.8 Å². The van der Waals surface area contributed by atoms with Gasteiger partial charge in [0.15, 0.2) is 0 Å². The molecule has 1 amide bonds. The molecule has 3 rings (SSSR count). The van der Waals surface area contributed by atoms with Gasteiger partial charge in [0, 0.05) is 25.5 Å². The average molecular weight is 283 g/mol. The number of rotatable bonds is 4. The number of aromatic nitrogens is 1. The van der Waals surface area contributed by atoms with Crippen molar-refractivity contribution in [2.75, 3.05) is 19.4 Å². The van der Waals surface area contributed by atoms with Gasteiger partial charge in [-0.15, -0.1) is 0 Å². The Bertz CT molecular complexity index is 679. The van der Waals surface area contributed by atoms with Crippen LogP contribution in [0.5, 0.6) is 0 Å². The van der Waals surface area contributed by atoms with Crippen LogP contribution in [0.15, 0.2) is 30.3 Å². The number of fused-ring (bicyclic) bond motifs is 1. The first-order chi connectivity index (χ1) is 10.1. The molecule has 0 saturated heterocycles. The highest BCUT2D eigenvalue weighted by atomic mass is 16.2. The zero-order chi connectivity index (χ0) is 15.0. The highest BCUT2D eigenvalue weighted by Crippen LogP contribution is 2.35. The first kappa shape index (κ1) is 13.9. The quantitative estimate of drug-likeness (QED) is 0.937. The zero-order valence-corrected chi connectivity index (χ0v) is 12.8. The predicted molar refractivity (Wildman–Crippen MR) is 85.6 cm³/mol. The Hall–Kier alpha value is -2.10. The molecule has 0 bridgehead atoms. The summed E-state index contributed by atoms with van der Waals surface area (Å²) in [6.07, 6.45) is 2.46. The summed E-state index contributed by atoms with van der Waals surface area (Å²) in [5, 5.41) is 5.16. The summed E-state index contributed by atoms with van der Waals surface area (Å²) < 4.78 is 0. The number of pyridine rings is 1. The van der Waals surface area contributed by atoms with E-state index in [9.17, 15) is 4.79 Å². The van der Waals surface area contributed by atoms with Gasteiger partial charge in [0.05, 0.1) is 0 Å². The van der Waals surface area contributed by atoms with Crippen LogP contribution < -0.4 is 5.32 Å². The number of carbonyl (C=O) groups excluding carboxylic acids is 1. The molecule has 1 heterocycles. The first-order valence-electron chi connectivity index (χ1n) is 7.46. The Morgan fingerprint density at radius 2 is 2.10 bits per heavy atom. The molecule has 110 valence electrons. The zero-order valence-electron chi connectivity index (χ0n) is 12.8. The molecule has 1 aromatic carbocycles. The standard InChI is InChI=1S/C17H21N3O/c1-11(12-8-9-12)20(3)17(21)15-10-13-6-4-5-7-14(13)16(18-2)19-15/h4-7,10-12H,8-9H2,1-3H3,(H,18,19). The summed E-state index contributed by atoms with van der Waals surface area (Å²) in [7, 11) is 3.71. The summed E-state index contributed by atoms with van der Waals surface area (Å²) in [5.41, 5.74) is 0.507. The van der Waals surface area contributed by atoms with Gasteiger partial charge in [-0.05, 0) is 37.1 Å². The van der Waals surface area contributed by atoms with Crippen molar-refractivity contribution in [3.05, 3.63) is 36.0 Å². The van der Waals surface area contributed by atoms with Gasteiger partial charge in [-0.3, -0.25) is 4.79 Å². The molecule has 4 heteroatoms. The molecule has 1 unspecified atom stereocenters. The number of hydrogen-bond acceptors (Lipinski definition) is 3. The predicted octanol–water partition coefficient (Wildman–Crippen LogP) is 3.15. The molecule has 0 radical (unpaired) electrons. The third kappa shape index (κ3) is 2.58. The van der Waals surface area contributed by atoms with Crippen LogP contribution in [-0.2, 0) is 0 Å². The molecule has 1 atom stereocenters. The van der Waals surface area contributed by atoms with E-state index in [1.54, 1.807) is 0 Å². The fraction of sp³-hybridized carbons (Fsp3) is 0.412. The molecular weight excluding hydrogens is 262 g/mol. The van der Waals surface area contributed by atoms with Crippen LogP contribution in [0.2, 0.25) is 0 Å². The van der Waals surface area contributed by atoms with E-state index in [4.69, 9.17) is 0 Å². The van der Waals surface area contributed by atoms with Crippen molar-refractivity contribution in [3.63, 3.8) is 0 Å². The van der Waals surface area contributed by atoms with Crippen molar-refractivity contribution in [1.82, 2.24) is 9.88 Å². The van der Waals surface area contributed by atoms with Crippen molar-refractivity contribution in [2.45, 2.75) is 25.8 Å². The number of hydrogen-bond donors (Lipinski definition) is 1. The van der Waals surface area contributed by atoms with E-state index in [-0.39, 0.29) is 11.9 Å². The summed E-state index contributed by atoms with van der Waals surface area (Å²) in [6, 6.07) is 10.1. The van der Waals surface area contributed by atoms with E-state index in [0.717, 1.165) is 16.6 Å². The maximum atomic E-state index is 12.7. The van der Waals surface area contributed by atoms with Crippen molar-refractivity contribution >= 4 is 22.5 Å². The number of carbonyl (C=O) groups is 1. The van der Waals surface area contributed by atoms with E-state index in [1.165, 1.54) is 12.8 Å². The van der Waals surface area contributed by atoms with Gasteiger partial charge >= 0.3 is 0 Å². The normalized spacial score (nSPS) is 15.8. The number of anilines is 1. The number of nitrogens with one attached hydrogen (secondary N) is 1. The summed E-state index contributed by atoms with van der Waals surface area (Å²) in [4.78, 5) is 19.0. The minimum atomic E-state index is -0.00310. The smallest absolute Gasteiger partial charge is 0.272 e. The van der Waals surface area contributed by atoms with Crippen LogP contribution in [0.4, 0.5) is 5.82 Å². The summed E-state index contributed by atoms with van der Waals surface area (Å²) in [6.45, 7) is 2.12. The van der Waals surface area contributed by atoms with Gasteiger partial charge in [0.25, 0.3) is 5.91 Å². The lowest BCUT2D eigenvalue weighted by molar-refractivity contribution is 0.0722. The van der Waals surface area contributed by atoms with Gasteiger partial charge in [0.2, 0.25) is 0 Å². The van der Waals surface area contributed by atoms with Crippen LogP contribution >= 0.6 is 0 Å². The highest BCUT2D eigenvalue weighted by molar-refractivity contribution is 6.00. The van der Waals surface area contributed by atoms with Crippen molar-refractivity contribution in [1.29, 1.82) is 0 Å². The largest absolute Gasteiger partial charge is 0.373 e. The molecule has 1 saturated carbocycles. The van der Waals surface area contributed by atoms with Crippen molar-refractivity contribution in [3.8, 4) is 0 Å². The molecule has 1 aliphatic carbocycles. The monoisotopic (exact) mass is 283 g/mol. The molecule has 0 spiro atoms. The Morgan fingerprint density at radius 1 is 1.38 bits per heavy atom. The molecule has 1 fully saturated rings. The van der Waals surface area contributed by atoms with Crippen LogP contribution in [-0.4, -0.2) is 35.9 Å². The van der Waals surface area contributed by atoms with Gasteiger partial charge in [0.1, 0.15) is 11.5 Å². The summed E-state index contributed by atoms with van der Waals surface area (Å²) >= 11 is 0. The molecule has 2 aromatic rings. The number of nitrogens with zero attached hydrogens (tertiary/aromatic N) is 2. The lowest BCUT2D eigenvalue weighted by Crippen LogP contribution is -2.36. The second-order valence-electron chi connectivity index (χ2n) is 5.82.